The van der Waals surface area contributed by atoms with Crippen LogP contribution in [0.3, 0.4) is 0 Å². The standard InChI is InChI=1S/C21H21F5N2O3/c22-20(23)31-13-18-12-27(11-14-1-5-16(6-2-14)21(24,25)26)9-10-28(18)17-7-3-15(4-8-17)19(29)30/h1-8,18,20H,9-13H2,(H,29,30)/t18-/m0/s1. The van der Waals surface area contributed by atoms with E-state index >= 15 is 0 Å². The lowest BCUT2D eigenvalue weighted by Gasteiger charge is -2.42. The Morgan fingerprint density at radius 3 is 2.26 bits per heavy atom. The zero-order chi connectivity index (χ0) is 22.6. The van der Waals surface area contributed by atoms with E-state index in [9.17, 15) is 26.7 Å². The molecule has 1 aliphatic heterocycles. The lowest BCUT2D eigenvalue weighted by Crippen LogP contribution is -2.55. The topological polar surface area (TPSA) is 53.0 Å². The summed E-state index contributed by atoms with van der Waals surface area (Å²) in [5.41, 5.74) is 0.752. The normalized spacial score (nSPS) is 17.9. The third kappa shape index (κ3) is 6.14. The average molecular weight is 444 g/mol. The summed E-state index contributed by atoms with van der Waals surface area (Å²) in [7, 11) is 0. The molecule has 0 bridgehead atoms. The zero-order valence-electron chi connectivity index (χ0n) is 16.4. The van der Waals surface area contributed by atoms with E-state index < -0.39 is 30.4 Å². The predicted molar refractivity (Wildman–Crippen MR) is 103 cm³/mol. The first-order chi connectivity index (χ1) is 14.6. The summed E-state index contributed by atoms with van der Waals surface area (Å²) < 4.78 is 68.0. The second-order valence-corrected chi connectivity index (χ2v) is 7.22. The van der Waals surface area contributed by atoms with Crippen LogP contribution in [-0.2, 0) is 17.5 Å². The lowest BCUT2D eigenvalue weighted by atomic mass is 10.1. The Morgan fingerprint density at radius 2 is 1.71 bits per heavy atom. The fourth-order valence-electron chi connectivity index (χ4n) is 3.58. The van der Waals surface area contributed by atoms with Crippen molar-refractivity contribution in [2.45, 2.75) is 25.4 Å². The van der Waals surface area contributed by atoms with Crippen LogP contribution in [0.1, 0.15) is 21.5 Å². The molecule has 168 valence electrons. The van der Waals surface area contributed by atoms with Gasteiger partial charge < -0.3 is 14.7 Å². The molecular weight excluding hydrogens is 423 g/mol. The van der Waals surface area contributed by atoms with E-state index in [-0.39, 0.29) is 12.2 Å². The summed E-state index contributed by atoms with van der Waals surface area (Å²) in [5.74, 6) is -1.06. The number of halogens is 5. The van der Waals surface area contributed by atoms with Crippen LogP contribution in [0.25, 0.3) is 0 Å². The summed E-state index contributed by atoms with van der Waals surface area (Å²) in [6.45, 7) is -1.44. The number of piperazine rings is 1. The number of rotatable bonds is 7. The second-order valence-electron chi connectivity index (χ2n) is 7.22. The van der Waals surface area contributed by atoms with Crippen LogP contribution in [0.15, 0.2) is 48.5 Å². The van der Waals surface area contributed by atoms with Crippen molar-refractivity contribution in [3.63, 3.8) is 0 Å². The maximum atomic E-state index is 12.7. The molecule has 5 nitrogen and oxygen atoms in total. The number of hydrogen-bond donors (Lipinski definition) is 1. The van der Waals surface area contributed by atoms with Crippen molar-refractivity contribution < 1.29 is 36.6 Å². The number of carbonyl (C=O) groups is 1. The van der Waals surface area contributed by atoms with Crippen LogP contribution in [0.4, 0.5) is 27.6 Å². The van der Waals surface area contributed by atoms with E-state index in [1.165, 1.54) is 24.3 Å². The Morgan fingerprint density at radius 1 is 1.06 bits per heavy atom. The third-order valence-corrected chi connectivity index (χ3v) is 5.11. The number of nitrogens with zero attached hydrogens (tertiary/aromatic N) is 2. The number of aromatic carboxylic acids is 1. The molecule has 31 heavy (non-hydrogen) atoms. The first-order valence-electron chi connectivity index (χ1n) is 9.51. The molecule has 10 heteroatoms. The molecule has 0 aromatic heterocycles. The van der Waals surface area contributed by atoms with E-state index in [2.05, 4.69) is 4.74 Å². The van der Waals surface area contributed by atoms with Crippen LogP contribution in [0.2, 0.25) is 0 Å². The Hall–Kier alpha value is -2.72. The van der Waals surface area contributed by atoms with Gasteiger partial charge in [-0.05, 0) is 42.0 Å². The number of alkyl halides is 5. The zero-order valence-corrected chi connectivity index (χ0v) is 16.4. The first-order valence-corrected chi connectivity index (χ1v) is 9.51. The van der Waals surface area contributed by atoms with Crippen LogP contribution < -0.4 is 4.90 Å². The van der Waals surface area contributed by atoms with Gasteiger partial charge in [0, 0.05) is 31.9 Å². The van der Waals surface area contributed by atoms with E-state index in [4.69, 9.17) is 5.11 Å². The van der Waals surface area contributed by atoms with Gasteiger partial charge in [-0.15, -0.1) is 0 Å². The van der Waals surface area contributed by atoms with E-state index in [0.717, 1.165) is 12.1 Å². The van der Waals surface area contributed by atoms with Crippen molar-refractivity contribution >= 4 is 11.7 Å². The van der Waals surface area contributed by atoms with Crippen molar-refractivity contribution in [3.8, 4) is 0 Å². The maximum absolute atomic E-state index is 12.7. The number of benzene rings is 2. The van der Waals surface area contributed by atoms with Gasteiger partial charge in [-0.1, -0.05) is 12.1 Å². The largest absolute Gasteiger partial charge is 0.478 e. The van der Waals surface area contributed by atoms with Crippen molar-refractivity contribution in [1.82, 2.24) is 4.90 Å². The van der Waals surface area contributed by atoms with Gasteiger partial charge in [-0.25, -0.2) is 4.79 Å². The van der Waals surface area contributed by atoms with E-state index in [0.29, 0.717) is 37.4 Å². The number of hydrogen-bond acceptors (Lipinski definition) is 4. The molecule has 0 amide bonds. The van der Waals surface area contributed by atoms with Crippen LogP contribution >= 0.6 is 0 Å². The molecule has 1 N–H and O–H groups in total. The average Bonchev–Trinajstić information content (AvgIpc) is 2.72. The summed E-state index contributed by atoms with van der Waals surface area (Å²) in [4.78, 5) is 14.9. The van der Waals surface area contributed by atoms with Gasteiger partial charge in [-0.3, -0.25) is 4.90 Å². The molecule has 1 atom stereocenters. The van der Waals surface area contributed by atoms with E-state index in [1.807, 2.05) is 9.80 Å². The third-order valence-electron chi connectivity index (χ3n) is 5.11. The summed E-state index contributed by atoms with van der Waals surface area (Å²) in [6, 6.07) is 10.5. The molecule has 1 saturated heterocycles. The number of ether oxygens (including phenoxy) is 1. The SMILES string of the molecule is O=C(O)c1ccc(N2CCN(Cc3ccc(C(F)(F)F)cc3)C[C@H]2COC(F)F)cc1. The van der Waals surface area contributed by atoms with Gasteiger partial charge >= 0.3 is 18.8 Å². The fourth-order valence-corrected chi connectivity index (χ4v) is 3.58. The minimum Gasteiger partial charge on any atom is -0.478 e. The monoisotopic (exact) mass is 444 g/mol. The molecule has 2 aromatic rings. The molecule has 2 aromatic carbocycles. The van der Waals surface area contributed by atoms with Gasteiger partial charge in [0.2, 0.25) is 0 Å². The molecule has 0 aliphatic carbocycles. The number of anilines is 1. The van der Waals surface area contributed by atoms with Crippen molar-refractivity contribution in [2.75, 3.05) is 31.1 Å². The molecule has 1 aliphatic rings. The Bertz CT molecular complexity index is 872. The van der Waals surface area contributed by atoms with Gasteiger partial charge in [0.1, 0.15) is 0 Å². The van der Waals surface area contributed by atoms with Gasteiger partial charge in [0.25, 0.3) is 0 Å². The Labute approximate surface area is 175 Å². The molecule has 3 rings (SSSR count). The summed E-state index contributed by atoms with van der Waals surface area (Å²) in [6.07, 6.45) is -4.40. The maximum Gasteiger partial charge on any atom is 0.416 e. The quantitative estimate of drug-likeness (QED) is 0.645. The summed E-state index contributed by atoms with van der Waals surface area (Å²) >= 11 is 0. The minimum absolute atomic E-state index is 0.116. The molecule has 0 saturated carbocycles. The van der Waals surface area contributed by atoms with Gasteiger partial charge in [-0.2, -0.15) is 22.0 Å². The highest BCUT2D eigenvalue weighted by Gasteiger charge is 2.31. The number of carboxylic acid groups (broad SMARTS) is 1. The first kappa shape index (κ1) is 23.0. The van der Waals surface area contributed by atoms with Crippen LogP contribution in [-0.4, -0.2) is 54.9 Å². The Kier molecular flexibility index (Phi) is 7.11. The number of carboxylic acids is 1. The molecule has 0 spiro atoms. The fraction of sp³-hybridized carbons (Fsp3) is 0.381. The highest BCUT2D eigenvalue weighted by Crippen LogP contribution is 2.29. The second kappa shape index (κ2) is 9.61. The van der Waals surface area contributed by atoms with Crippen molar-refractivity contribution in [3.05, 3.63) is 65.2 Å². The highest BCUT2D eigenvalue weighted by atomic mass is 19.4. The smallest absolute Gasteiger partial charge is 0.416 e. The summed E-state index contributed by atoms with van der Waals surface area (Å²) in [5, 5.41) is 9.03. The molecule has 0 unspecified atom stereocenters. The molecule has 1 fully saturated rings. The van der Waals surface area contributed by atoms with E-state index in [1.54, 1.807) is 12.1 Å². The van der Waals surface area contributed by atoms with Gasteiger partial charge in [0.05, 0.1) is 23.8 Å². The molecule has 1 heterocycles. The molecular formula is C21H21F5N2O3. The van der Waals surface area contributed by atoms with Crippen LogP contribution in [0, 0.1) is 0 Å². The minimum atomic E-state index is -4.40. The lowest BCUT2D eigenvalue weighted by molar-refractivity contribution is -0.137. The predicted octanol–water partition coefficient (Wildman–Crippen LogP) is 4.33. The van der Waals surface area contributed by atoms with Gasteiger partial charge in [0.15, 0.2) is 0 Å². The van der Waals surface area contributed by atoms with Crippen molar-refractivity contribution in [1.29, 1.82) is 0 Å². The Balaban J connectivity index is 1.70. The molecule has 0 radical (unpaired) electrons. The van der Waals surface area contributed by atoms with Crippen LogP contribution in [0.5, 0.6) is 0 Å². The highest BCUT2D eigenvalue weighted by molar-refractivity contribution is 5.88. The van der Waals surface area contributed by atoms with Crippen molar-refractivity contribution in [2.24, 2.45) is 0 Å².